The van der Waals surface area contributed by atoms with E-state index in [9.17, 15) is 0 Å². The van der Waals surface area contributed by atoms with Crippen LogP contribution in [0.25, 0.3) is 0 Å². The molecule has 20 heavy (non-hydrogen) atoms. The Morgan fingerprint density at radius 1 is 0.950 bits per heavy atom. The Hall–Kier alpha value is -2.35. The van der Waals surface area contributed by atoms with Crippen LogP contribution in [-0.4, -0.2) is 5.84 Å². The van der Waals surface area contributed by atoms with Gasteiger partial charge in [0.15, 0.2) is 0 Å². The summed E-state index contributed by atoms with van der Waals surface area (Å²) in [6.07, 6.45) is 6.09. The molecule has 2 aromatic rings. The molecule has 0 amide bonds. The van der Waals surface area contributed by atoms with E-state index in [0.29, 0.717) is 5.92 Å². The highest BCUT2D eigenvalue weighted by atomic mass is 15.0. The monoisotopic (exact) mass is 262 g/mol. The molecule has 0 fully saturated rings. The lowest BCUT2D eigenvalue weighted by Gasteiger charge is -2.21. The summed E-state index contributed by atoms with van der Waals surface area (Å²) < 4.78 is 0. The standard InChI is InChI=1S/C18H18N2/c1-3-8-15(9-4-1)14-16-10-7-13-19-18(16)20-17-11-5-2-6-12-17/h1-9,11-13,16H,10,14H2,(H,19,20). The molecule has 0 saturated carbocycles. The van der Waals surface area contributed by atoms with Crippen LogP contribution in [0.1, 0.15) is 12.0 Å². The first-order valence-electron chi connectivity index (χ1n) is 7.00. The smallest absolute Gasteiger partial charge is 0.110 e. The number of anilines is 1. The van der Waals surface area contributed by atoms with Crippen molar-refractivity contribution in [2.45, 2.75) is 12.8 Å². The van der Waals surface area contributed by atoms with Crippen molar-refractivity contribution in [1.29, 1.82) is 0 Å². The van der Waals surface area contributed by atoms with Gasteiger partial charge in [0.1, 0.15) is 5.84 Å². The Morgan fingerprint density at radius 2 is 1.65 bits per heavy atom. The van der Waals surface area contributed by atoms with Crippen molar-refractivity contribution in [3.05, 3.63) is 78.5 Å². The number of allylic oxidation sites excluding steroid dienone is 1. The molecule has 0 spiro atoms. The van der Waals surface area contributed by atoms with Crippen LogP contribution in [0.4, 0.5) is 5.69 Å². The molecule has 3 rings (SSSR count). The average molecular weight is 262 g/mol. The molecule has 1 aliphatic heterocycles. The molecule has 0 radical (unpaired) electrons. The predicted octanol–water partition coefficient (Wildman–Crippen LogP) is 4.27. The summed E-state index contributed by atoms with van der Waals surface area (Å²) in [6.45, 7) is 0. The van der Waals surface area contributed by atoms with Gasteiger partial charge in [-0.2, -0.15) is 0 Å². The number of aliphatic imine (C=N–C) groups is 1. The van der Waals surface area contributed by atoms with E-state index in [0.717, 1.165) is 24.4 Å². The van der Waals surface area contributed by atoms with Gasteiger partial charge in [0.2, 0.25) is 0 Å². The van der Waals surface area contributed by atoms with Crippen molar-refractivity contribution in [3.63, 3.8) is 0 Å². The molecule has 1 heterocycles. The maximum atomic E-state index is 4.53. The van der Waals surface area contributed by atoms with Crippen LogP contribution < -0.4 is 5.32 Å². The van der Waals surface area contributed by atoms with Crippen molar-refractivity contribution in [1.82, 2.24) is 0 Å². The number of benzene rings is 2. The van der Waals surface area contributed by atoms with E-state index >= 15 is 0 Å². The lowest BCUT2D eigenvalue weighted by molar-refractivity contribution is 0.688. The molecule has 100 valence electrons. The first kappa shape index (κ1) is 12.7. The van der Waals surface area contributed by atoms with Gasteiger partial charge < -0.3 is 5.32 Å². The molecular weight excluding hydrogens is 244 g/mol. The lowest BCUT2D eigenvalue weighted by Crippen LogP contribution is -2.26. The zero-order chi connectivity index (χ0) is 13.6. The Bertz CT molecular complexity index is 600. The maximum absolute atomic E-state index is 4.53. The largest absolute Gasteiger partial charge is 0.344 e. The van der Waals surface area contributed by atoms with E-state index in [-0.39, 0.29) is 0 Å². The zero-order valence-corrected chi connectivity index (χ0v) is 11.4. The van der Waals surface area contributed by atoms with Crippen LogP contribution in [0.15, 0.2) is 77.9 Å². The van der Waals surface area contributed by atoms with Crippen LogP contribution in [0.2, 0.25) is 0 Å². The van der Waals surface area contributed by atoms with Crippen LogP contribution in [-0.2, 0) is 6.42 Å². The third kappa shape index (κ3) is 3.15. The molecule has 2 aromatic carbocycles. The molecule has 1 unspecified atom stereocenters. The van der Waals surface area contributed by atoms with Crippen molar-refractivity contribution in [2.24, 2.45) is 10.9 Å². The topological polar surface area (TPSA) is 24.4 Å². The Balaban J connectivity index is 1.74. The van der Waals surface area contributed by atoms with Crippen molar-refractivity contribution >= 4 is 11.5 Å². The van der Waals surface area contributed by atoms with Crippen LogP contribution in [0, 0.1) is 5.92 Å². The second-order valence-electron chi connectivity index (χ2n) is 5.01. The molecule has 2 nitrogen and oxygen atoms in total. The summed E-state index contributed by atoms with van der Waals surface area (Å²) in [5.74, 6) is 1.48. The van der Waals surface area contributed by atoms with Gasteiger partial charge in [-0.25, -0.2) is 4.99 Å². The summed E-state index contributed by atoms with van der Waals surface area (Å²) in [6, 6.07) is 20.8. The lowest BCUT2D eigenvalue weighted by atomic mass is 9.93. The number of para-hydroxylation sites is 1. The van der Waals surface area contributed by atoms with Gasteiger partial charge >= 0.3 is 0 Å². The van der Waals surface area contributed by atoms with Crippen LogP contribution in [0.3, 0.4) is 0 Å². The highest BCUT2D eigenvalue weighted by Gasteiger charge is 2.17. The fraction of sp³-hybridized carbons (Fsp3) is 0.167. The van der Waals surface area contributed by atoms with Crippen molar-refractivity contribution in [3.8, 4) is 0 Å². The summed E-state index contributed by atoms with van der Waals surface area (Å²) in [4.78, 5) is 4.53. The van der Waals surface area contributed by atoms with Gasteiger partial charge in [-0.05, 0) is 30.5 Å². The molecular formula is C18H18N2. The SMILES string of the molecule is C1=CN=C(Nc2ccccc2)C(Cc2ccccc2)C1. The molecule has 1 aliphatic rings. The summed E-state index contributed by atoms with van der Waals surface area (Å²) in [5, 5.41) is 3.45. The summed E-state index contributed by atoms with van der Waals surface area (Å²) >= 11 is 0. The summed E-state index contributed by atoms with van der Waals surface area (Å²) in [7, 11) is 0. The second kappa shape index (κ2) is 6.20. The van der Waals surface area contributed by atoms with Gasteiger partial charge in [-0.15, -0.1) is 0 Å². The molecule has 1 atom stereocenters. The average Bonchev–Trinajstić information content (AvgIpc) is 2.51. The summed E-state index contributed by atoms with van der Waals surface area (Å²) in [5.41, 5.74) is 2.45. The van der Waals surface area contributed by atoms with Gasteiger partial charge in [0.25, 0.3) is 0 Å². The number of nitrogens with one attached hydrogen (secondary N) is 1. The van der Waals surface area contributed by atoms with Gasteiger partial charge in [0.05, 0.1) is 0 Å². The quantitative estimate of drug-likeness (QED) is 0.877. The first-order chi connectivity index (χ1) is 9.92. The zero-order valence-electron chi connectivity index (χ0n) is 11.4. The Morgan fingerprint density at radius 3 is 2.40 bits per heavy atom. The first-order valence-corrected chi connectivity index (χ1v) is 7.00. The minimum absolute atomic E-state index is 0.419. The van der Waals surface area contributed by atoms with Crippen molar-refractivity contribution in [2.75, 3.05) is 5.32 Å². The maximum Gasteiger partial charge on any atom is 0.110 e. The second-order valence-corrected chi connectivity index (χ2v) is 5.01. The fourth-order valence-corrected chi connectivity index (χ4v) is 2.46. The molecule has 2 heteroatoms. The highest BCUT2D eigenvalue weighted by molar-refractivity contribution is 5.98. The minimum Gasteiger partial charge on any atom is -0.344 e. The number of amidine groups is 1. The molecule has 1 N–H and O–H groups in total. The fourth-order valence-electron chi connectivity index (χ4n) is 2.46. The van der Waals surface area contributed by atoms with Gasteiger partial charge in [-0.3, -0.25) is 0 Å². The van der Waals surface area contributed by atoms with Crippen LogP contribution in [0.5, 0.6) is 0 Å². The Labute approximate surface area is 119 Å². The van der Waals surface area contributed by atoms with E-state index in [1.165, 1.54) is 5.56 Å². The third-order valence-electron chi connectivity index (χ3n) is 3.50. The van der Waals surface area contributed by atoms with Gasteiger partial charge in [-0.1, -0.05) is 54.6 Å². The normalized spacial score (nSPS) is 17.6. The third-order valence-corrected chi connectivity index (χ3v) is 3.50. The molecule has 0 bridgehead atoms. The molecule has 0 aromatic heterocycles. The number of nitrogens with zero attached hydrogens (tertiary/aromatic N) is 1. The van der Waals surface area contributed by atoms with Gasteiger partial charge in [0, 0.05) is 17.8 Å². The number of hydrogen-bond donors (Lipinski definition) is 1. The predicted molar refractivity (Wildman–Crippen MR) is 84.9 cm³/mol. The minimum atomic E-state index is 0.419. The van der Waals surface area contributed by atoms with Crippen LogP contribution >= 0.6 is 0 Å². The Kier molecular flexibility index (Phi) is 3.93. The number of hydrogen-bond acceptors (Lipinski definition) is 2. The van der Waals surface area contributed by atoms with E-state index in [1.54, 1.807) is 0 Å². The van der Waals surface area contributed by atoms with E-state index in [4.69, 9.17) is 0 Å². The molecule has 0 aliphatic carbocycles. The van der Waals surface area contributed by atoms with Crippen molar-refractivity contribution < 1.29 is 0 Å². The number of rotatable bonds is 3. The van der Waals surface area contributed by atoms with E-state index < -0.39 is 0 Å². The highest BCUT2D eigenvalue weighted by Crippen LogP contribution is 2.20. The van der Waals surface area contributed by atoms with E-state index in [1.807, 2.05) is 24.4 Å². The van der Waals surface area contributed by atoms with E-state index in [2.05, 4.69) is 58.8 Å². The molecule has 0 saturated heterocycles.